The van der Waals surface area contributed by atoms with Crippen LogP contribution < -0.4 is 11.2 Å². The molecule has 2 aromatic rings. The van der Waals surface area contributed by atoms with Crippen LogP contribution >= 0.6 is 11.8 Å². The standard InChI is InChI=1S/C15H17N3O4S/c1-10(11-5-4-6-12(7-11)18(21)22)23-9-13-8-14(19)17(3)15(20)16(13)2/h4-8,10H,9H2,1-3H3. The summed E-state index contributed by atoms with van der Waals surface area (Å²) >= 11 is 1.51. The van der Waals surface area contributed by atoms with Crippen molar-refractivity contribution in [2.75, 3.05) is 0 Å². The number of aromatic nitrogens is 2. The van der Waals surface area contributed by atoms with Crippen molar-refractivity contribution in [3.63, 3.8) is 0 Å². The molecule has 0 fully saturated rings. The number of thioether (sulfide) groups is 1. The minimum atomic E-state index is -0.425. The molecule has 1 atom stereocenters. The SMILES string of the molecule is CC(SCc1cc(=O)n(C)c(=O)n1C)c1cccc([N+](=O)[O-])c1. The zero-order valence-electron chi connectivity index (χ0n) is 13.1. The Morgan fingerprint density at radius 2 is 1.91 bits per heavy atom. The lowest BCUT2D eigenvalue weighted by atomic mass is 10.1. The first kappa shape index (κ1) is 17.0. The number of nitro groups is 1. The normalized spacial score (nSPS) is 12.1. The molecule has 1 aromatic heterocycles. The lowest BCUT2D eigenvalue weighted by Gasteiger charge is -2.13. The van der Waals surface area contributed by atoms with E-state index in [1.54, 1.807) is 19.2 Å². The monoisotopic (exact) mass is 335 g/mol. The fourth-order valence-corrected chi connectivity index (χ4v) is 3.15. The summed E-state index contributed by atoms with van der Waals surface area (Å²) in [4.78, 5) is 34.0. The van der Waals surface area contributed by atoms with Gasteiger partial charge in [-0.2, -0.15) is 0 Å². The van der Waals surface area contributed by atoms with Crippen LogP contribution in [0.25, 0.3) is 0 Å². The maximum Gasteiger partial charge on any atom is 0.330 e. The zero-order chi connectivity index (χ0) is 17.1. The third kappa shape index (κ3) is 3.70. The van der Waals surface area contributed by atoms with Crippen molar-refractivity contribution in [2.24, 2.45) is 14.1 Å². The number of nitrogens with zero attached hydrogens (tertiary/aromatic N) is 3. The van der Waals surface area contributed by atoms with E-state index in [0.29, 0.717) is 11.4 Å². The fraction of sp³-hybridized carbons (Fsp3) is 0.333. The Balaban J connectivity index is 2.18. The van der Waals surface area contributed by atoms with E-state index in [1.165, 1.54) is 35.5 Å². The molecule has 23 heavy (non-hydrogen) atoms. The van der Waals surface area contributed by atoms with Crippen molar-refractivity contribution in [2.45, 2.75) is 17.9 Å². The van der Waals surface area contributed by atoms with E-state index in [9.17, 15) is 19.7 Å². The van der Waals surface area contributed by atoms with Crippen LogP contribution in [0.3, 0.4) is 0 Å². The first-order valence-corrected chi connectivity index (χ1v) is 7.98. The van der Waals surface area contributed by atoms with E-state index >= 15 is 0 Å². The van der Waals surface area contributed by atoms with Gasteiger partial charge < -0.3 is 0 Å². The van der Waals surface area contributed by atoms with Gasteiger partial charge in [-0.1, -0.05) is 12.1 Å². The highest BCUT2D eigenvalue weighted by Gasteiger charge is 2.13. The van der Waals surface area contributed by atoms with E-state index in [-0.39, 0.29) is 22.2 Å². The van der Waals surface area contributed by atoms with Gasteiger partial charge in [0, 0.05) is 49.0 Å². The van der Waals surface area contributed by atoms with Crippen molar-refractivity contribution in [3.8, 4) is 0 Å². The number of hydrogen-bond donors (Lipinski definition) is 0. The Morgan fingerprint density at radius 1 is 1.22 bits per heavy atom. The molecule has 0 bridgehead atoms. The number of rotatable bonds is 5. The number of benzene rings is 1. The molecular formula is C15H17N3O4S. The molecule has 122 valence electrons. The van der Waals surface area contributed by atoms with Gasteiger partial charge >= 0.3 is 5.69 Å². The quantitative estimate of drug-likeness (QED) is 0.616. The molecule has 0 aliphatic carbocycles. The van der Waals surface area contributed by atoms with Crippen LogP contribution in [-0.2, 0) is 19.8 Å². The Hall–Kier alpha value is -2.35. The highest BCUT2D eigenvalue weighted by atomic mass is 32.2. The molecule has 0 amide bonds. The summed E-state index contributed by atoms with van der Waals surface area (Å²) in [6.45, 7) is 1.93. The van der Waals surface area contributed by atoms with Gasteiger partial charge in [-0.05, 0) is 12.5 Å². The molecule has 8 heteroatoms. The van der Waals surface area contributed by atoms with Crippen LogP contribution in [0.4, 0.5) is 5.69 Å². The first-order valence-electron chi connectivity index (χ1n) is 6.93. The van der Waals surface area contributed by atoms with E-state index < -0.39 is 4.92 Å². The molecule has 2 rings (SSSR count). The summed E-state index contributed by atoms with van der Waals surface area (Å²) in [6, 6.07) is 7.91. The fourth-order valence-electron chi connectivity index (χ4n) is 2.11. The minimum Gasteiger partial charge on any atom is -0.300 e. The van der Waals surface area contributed by atoms with Crippen molar-refractivity contribution in [1.29, 1.82) is 0 Å². The summed E-state index contributed by atoms with van der Waals surface area (Å²) < 4.78 is 2.49. The average molecular weight is 335 g/mol. The second-order valence-corrected chi connectivity index (χ2v) is 6.51. The van der Waals surface area contributed by atoms with Crippen molar-refractivity contribution < 1.29 is 4.92 Å². The number of nitro benzene ring substituents is 1. The van der Waals surface area contributed by atoms with Gasteiger partial charge in [0.15, 0.2) is 0 Å². The molecule has 1 aromatic carbocycles. The molecule has 1 unspecified atom stereocenters. The number of hydrogen-bond acceptors (Lipinski definition) is 5. The lowest BCUT2D eigenvalue weighted by Crippen LogP contribution is -2.37. The van der Waals surface area contributed by atoms with Crippen LogP contribution in [0.15, 0.2) is 39.9 Å². The molecule has 0 spiro atoms. The van der Waals surface area contributed by atoms with Crippen LogP contribution in [0.5, 0.6) is 0 Å². The predicted octanol–water partition coefficient (Wildman–Crippen LogP) is 1.99. The van der Waals surface area contributed by atoms with Crippen molar-refractivity contribution >= 4 is 17.4 Å². The molecule has 0 radical (unpaired) electrons. The highest BCUT2D eigenvalue weighted by Crippen LogP contribution is 2.32. The van der Waals surface area contributed by atoms with Gasteiger partial charge in [-0.3, -0.25) is 24.0 Å². The van der Waals surface area contributed by atoms with E-state index in [4.69, 9.17) is 0 Å². The van der Waals surface area contributed by atoms with Crippen LogP contribution in [-0.4, -0.2) is 14.1 Å². The molecule has 0 N–H and O–H groups in total. The molecule has 0 aliphatic rings. The van der Waals surface area contributed by atoms with E-state index in [0.717, 1.165) is 10.1 Å². The predicted molar refractivity (Wildman–Crippen MR) is 89.7 cm³/mol. The Kier molecular flexibility index (Phi) is 5.05. The summed E-state index contributed by atoms with van der Waals surface area (Å²) in [7, 11) is 3.06. The molecule has 0 aliphatic heterocycles. The van der Waals surface area contributed by atoms with E-state index in [2.05, 4.69) is 0 Å². The molecule has 7 nitrogen and oxygen atoms in total. The Morgan fingerprint density at radius 3 is 2.57 bits per heavy atom. The van der Waals surface area contributed by atoms with Gasteiger partial charge in [0.1, 0.15) is 0 Å². The van der Waals surface area contributed by atoms with Gasteiger partial charge in [0.2, 0.25) is 0 Å². The summed E-state index contributed by atoms with van der Waals surface area (Å²) in [5.41, 5.74) is 0.803. The number of non-ortho nitro benzene ring substituents is 1. The van der Waals surface area contributed by atoms with E-state index in [1.807, 2.05) is 13.0 Å². The largest absolute Gasteiger partial charge is 0.330 e. The summed E-state index contributed by atoms with van der Waals surface area (Å²) in [5, 5.41) is 10.8. The van der Waals surface area contributed by atoms with Crippen LogP contribution in [0.1, 0.15) is 23.4 Å². The molecule has 0 saturated carbocycles. The first-order chi connectivity index (χ1) is 10.8. The average Bonchev–Trinajstić information content (AvgIpc) is 2.54. The Bertz CT molecular complexity index is 857. The Labute approximate surface area is 136 Å². The summed E-state index contributed by atoms with van der Waals surface area (Å²) in [6.07, 6.45) is 0. The topological polar surface area (TPSA) is 87.1 Å². The van der Waals surface area contributed by atoms with Crippen molar-refractivity contribution in [3.05, 3.63) is 72.5 Å². The third-order valence-corrected chi connectivity index (χ3v) is 4.89. The van der Waals surface area contributed by atoms with Gasteiger partial charge in [-0.15, -0.1) is 11.8 Å². The van der Waals surface area contributed by atoms with Gasteiger partial charge in [-0.25, -0.2) is 4.79 Å². The molecule has 0 saturated heterocycles. The molecular weight excluding hydrogens is 318 g/mol. The van der Waals surface area contributed by atoms with Gasteiger partial charge in [0.05, 0.1) is 4.92 Å². The second-order valence-electron chi connectivity index (χ2n) is 5.18. The maximum absolute atomic E-state index is 11.9. The lowest BCUT2D eigenvalue weighted by molar-refractivity contribution is -0.384. The summed E-state index contributed by atoms with van der Waals surface area (Å²) in [5.74, 6) is 0.464. The molecule has 1 heterocycles. The van der Waals surface area contributed by atoms with Crippen molar-refractivity contribution in [1.82, 2.24) is 9.13 Å². The second kappa shape index (κ2) is 6.82. The van der Waals surface area contributed by atoms with Crippen LogP contribution in [0, 0.1) is 10.1 Å². The van der Waals surface area contributed by atoms with Crippen LogP contribution in [0.2, 0.25) is 0 Å². The highest BCUT2D eigenvalue weighted by molar-refractivity contribution is 7.98. The zero-order valence-corrected chi connectivity index (χ0v) is 13.9. The maximum atomic E-state index is 11.9. The third-order valence-electron chi connectivity index (χ3n) is 3.66. The van der Waals surface area contributed by atoms with Gasteiger partial charge in [0.25, 0.3) is 11.2 Å². The smallest absolute Gasteiger partial charge is 0.300 e. The minimum absolute atomic E-state index is 0.00550.